The molecule has 22 heavy (non-hydrogen) atoms. The van der Waals surface area contributed by atoms with E-state index in [2.05, 4.69) is 43.0 Å². The van der Waals surface area contributed by atoms with Gasteiger partial charge in [-0.2, -0.15) is 0 Å². The summed E-state index contributed by atoms with van der Waals surface area (Å²) in [5.74, 6) is 0. The molecule has 3 heterocycles. The van der Waals surface area contributed by atoms with E-state index in [4.69, 9.17) is 0 Å². The third-order valence-electron chi connectivity index (χ3n) is 3.54. The fraction of sp³-hybridized carbons (Fsp3) is 0.438. The van der Waals surface area contributed by atoms with E-state index in [-0.39, 0.29) is 11.0 Å². The molecule has 0 bridgehead atoms. The Morgan fingerprint density at radius 3 is 2.73 bits per heavy atom. The third-order valence-corrected chi connectivity index (χ3v) is 5.56. The van der Waals surface area contributed by atoms with Crippen molar-refractivity contribution < 1.29 is 0 Å². The quantitative estimate of drug-likeness (QED) is 0.732. The minimum absolute atomic E-state index is 0.0217. The summed E-state index contributed by atoms with van der Waals surface area (Å²) in [4.78, 5) is 23.7. The summed E-state index contributed by atoms with van der Waals surface area (Å²) in [5, 5.41) is 3.74. The van der Waals surface area contributed by atoms with Gasteiger partial charge < -0.3 is 0 Å². The van der Waals surface area contributed by atoms with Crippen molar-refractivity contribution in [1.82, 2.24) is 14.5 Å². The minimum Gasteiger partial charge on any atom is -0.292 e. The van der Waals surface area contributed by atoms with Crippen LogP contribution in [0.3, 0.4) is 0 Å². The van der Waals surface area contributed by atoms with Crippen LogP contribution in [-0.4, -0.2) is 14.5 Å². The van der Waals surface area contributed by atoms with Crippen LogP contribution in [0.2, 0.25) is 0 Å². The topological polar surface area (TPSA) is 47.8 Å². The Labute approximate surface area is 137 Å². The van der Waals surface area contributed by atoms with Crippen LogP contribution in [0.25, 0.3) is 10.2 Å². The van der Waals surface area contributed by atoms with E-state index in [1.807, 2.05) is 6.07 Å². The monoisotopic (exact) mass is 333 g/mol. The molecule has 0 saturated heterocycles. The Morgan fingerprint density at radius 2 is 2.09 bits per heavy atom. The number of rotatable bonds is 3. The fourth-order valence-corrected chi connectivity index (χ4v) is 4.11. The first-order chi connectivity index (χ1) is 10.4. The van der Waals surface area contributed by atoms with Crippen LogP contribution >= 0.6 is 22.7 Å². The maximum absolute atomic E-state index is 12.6. The van der Waals surface area contributed by atoms with Gasteiger partial charge in [-0.15, -0.1) is 22.7 Å². The van der Waals surface area contributed by atoms with Crippen molar-refractivity contribution in [3.8, 4) is 0 Å². The first kappa shape index (κ1) is 15.4. The lowest BCUT2D eigenvalue weighted by molar-refractivity contribution is 0.569. The van der Waals surface area contributed by atoms with Gasteiger partial charge in [-0.1, -0.05) is 27.7 Å². The highest BCUT2D eigenvalue weighted by atomic mass is 32.1. The summed E-state index contributed by atoms with van der Waals surface area (Å²) in [6, 6.07) is 1.97. The highest BCUT2D eigenvalue weighted by Crippen LogP contribution is 2.24. The molecule has 0 amide bonds. The van der Waals surface area contributed by atoms with Gasteiger partial charge in [0.15, 0.2) is 0 Å². The van der Waals surface area contributed by atoms with Gasteiger partial charge in [0.05, 0.1) is 24.0 Å². The molecule has 3 rings (SSSR count). The van der Waals surface area contributed by atoms with E-state index < -0.39 is 0 Å². The summed E-state index contributed by atoms with van der Waals surface area (Å²) < 4.78 is 1.65. The summed E-state index contributed by atoms with van der Waals surface area (Å²) in [5.41, 5.74) is 1.12. The number of thiazole rings is 1. The van der Waals surface area contributed by atoms with Crippen LogP contribution in [0.1, 0.15) is 43.3 Å². The van der Waals surface area contributed by atoms with Crippen LogP contribution in [0.15, 0.2) is 22.6 Å². The molecule has 0 atom stereocenters. The van der Waals surface area contributed by atoms with E-state index in [1.54, 1.807) is 33.6 Å². The molecule has 4 nitrogen and oxygen atoms in total. The first-order valence-corrected chi connectivity index (χ1v) is 9.01. The van der Waals surface area contributed by atoms with Crippen LogP contribution in [0.4, 0.5) is 0 Å². The van der Waals surface area contributed by atoms with Crippen molar-refractivity contribution in [3.63, 3.8) is 0 Å². The summed E-state index contributed by atoms with van der Waals surface area (Å²) >= 11 is 3.20. The zero-order valence-corrected chi connectivity index (χ0v) is 14.8. The molecule has 0 saturated carbocycles. The van der Waals surface area contributed by atoms with Gasteiger partial charge in [0, 0.05) is 15.7 Å². The average Bonchev–Trinajstić information content (AvgIpc) is 3.08. The van der Waals surface area contributed by atoms with Gasteiger partial charge in [0.25, 0.3) is 5.56 Å². The number of aryl methyl sites for hydroxylation is 1. The lowest BCUT2D eigenvalue weighted by Gasteiger charge is -2.14. The molecule has 0 spiro atoms. The SMILES string of the molecule is CCc1cc2c(=O)n(Cc3nc(C(C)(C)C)cs3)cnc2s1. The van der Waals surface area contributed by atoms with Crippen molar-refractivity contribution in [2.24, 2.45) is 0 Å². The Morgan fingerprint density at radius 1 is 1.32 bits per heavy atom. The minimum atomic E-state index is 0.0217. The van der Waals surface area contributed by atoms with E-state index >= 15 is 0 Å². The molecule has 6 heteroatoms. The molecule has 0 N–H and O–H groups in total. The van der Waals surface area contributed by atoms with E-state index in [0.717, 1.165) is 27.3 Å². The zero-order valence-electron chi connectivity index (χ0n) is 13.2. The Balaban J connectivity index is 1.95. The molecule has 0 fully saturated rings. The smallest absolute Gasteiger partial charge is 0.262 e. The molecule has 0 unspecified atom stereocenters. The second-order valence-electron chi connectivity index (χ2n) is 6.34. The Hall–Kier alpha value is -1.53. The summed E-state index contributed by atoms with van der Waals surface area (Å²) in [6.45, 7) is 9.00. The number of fused-ring (bicyclic) bond motifs is 1. The molecule has 0 aliphatic rings. The van der Waals surface area contributed by atoms with Gasteiger partial charge in [-0.25, -0.2) is 9.97 Å². The van der Waals surface area contributed by atoms with Crippen LogP contribution < -0.4 is 5.56 Å². The average molecular weight is 333 g/mol. The second-order valence-corrected chi connectivity index (χ2v) is 8.40. The van der Waals surface area contributed by atoms with Crippen molar-refractivity contribution in [1.29, 1.82) is 0 Å². The van der Waals surface area contributed by atoms with Gasteiger partial charge in [-0.05, 0) is 12.5 Å². The largest absolute Gasteiger partial charge is 0.292 e. The Kier molecular flexibility index (Phi) is 3.91. The van der Waals surface area contributed by atoms with Crippen LogP contribution in [-0.2, 0) is 18.4 Å². The predicted octanol–water partition coefficient (Wildman–Crippen LogP) is 3.82. The molecule has 116 valence electrons. The molecule has 0 aliphatic heterocycles. The second kappa shape index (κ2) is 5.59. The lowest BCUT2D eigenvalue weighted by atomic mass is 9.93. The van der Waals surface area contributed by atoms with Gasteiger partial charge >= 0.3 is 0 Å². The normalized spacial score (nSPS) is 12.2. The maximum Gasteiger partial charge on any atom is 0.262 e. The number of hydrogen-bond acceptors (Lipinski definition) is 5. The molecule has 3 aromatic heterocycles. The fourth-order valence-electron chi connectivity index (χ4n) is 2.17. The third kappa shape index (κ3) is 2.85. The lowest BCUT2D eigenvalue weighted by Crippen LogP contribution is -2.20. The first-order valence-electron chi connectivity index (χ1n) is 7.31. The van der Waals surface area contributed by atoms with Crippen LogP contribution in [0.5, 0.6) is 0 Å². The highest BCUT2D eigenvalue weighted by Gasteiger charge is 2.18. The van der Waals surface area contributed by atoms with Crippen molar-refractivity contribution >= 4 is 32.9 Å². The molecular weight excluding hydrogens is 314 g/mol. The van der Waals surface area contributed by atoms with Crippen molar-refractivity contribution in [3.05, 3.63) is 43.7 Å². The molecule has 0 aliphatic carbocycles. The Bertz CT molecular complexity index is 868. The van der Waals surface area contributed by atoms with E-state index in [1.165, 1.54) is 4.88 Å². The predicted molar refractivity (Wildman–Crippen MR) is 93.2 cm³/mol. The maximum atomic E-state index is 12.6. The number of aromatic nitrogens is 3. The highest BCUT2D eigenvalue weighted by molar-refractivity contribution is 7.18. The van der Waals surface area contributed by atoms with Crippen molar-refractivity contribution in [2.45, 2.75) is 46.1 Å². The number of hydrogen-bond donors (Lipinski definition) is 0. The molecule has 3 aromatic rings. The van der Waals surface area contributed by atoms with Crippen molar-refractivity contribution in [2.75, 3.05) is 0 Å². The van der Waals surface area contributed by atoms with Gasteiger partial charge in [0.2, 0.25) is 0 Å². The molecular formula is C16H19N3OS2. The van der Waals surface area contributed by atoms with Gasteiger partial charge in [0.1, 0.15) is 9.84 Å². The van der Waals surface area contributed by atoms with E-state index in [9.17, 15) is 4.79 Å². The summed E-state index contributed by atoms with van der Waals surface area (Å²) in [7, 11) is 0. The summed E-state index contributed by atoms with van der Waals surface area (Å²) in [6.07, 6.45) is 2.57. The molecule has 0 aromatic carbocycles. The van der Waals surface area contributed by atoms with E-state index in [0.29, 0.717) is 6.54 Å². The zero-order chi connectivity index (χ0) is 15.9. The van der Waals surface area contributed by atoms with Crippen LogP contribution in [0, 0.1) is 0 Å². The number of thiophene rings is 1. The van der Waals surface area contributed by atoms with Gasteiger partial charge in [-0.3, -0.25) is 9.36 Å². The number of nitrogens with zero attached hydrogens (tertiary/aromatic N) is 3. The standard InChI is InChI=1S/C16H19N3OS2/c1-5-10-6-11-14(22-10)17-9-19(15(11)20)7-13-18-12(8-21-13)16(2,3)4/h6,8-9H,5,7H2,1-4H3. The molecule has 0 radical (unpaired) electrons.